The molecule has 3 atom stereocenters. The Hall–Kier alpha value is -3.84. The molecule has 4 heterocycles. The lowest BCUT2D eigenvalue weighted by Crippen LogP contribution is -2.40. The molecule has 2 aliphatic heterocycles. The van der Waals surface area contributed by atoms with Crippen LogP contribution in [-0.2, 0) is 28.9 Å². The zero-order valence-electron chi connectivity index (χ0n) is 21.8. The molecule has 10 heteroatoms. The van der Waals surface area contributed by atoms with Crippen LogP contribution in [0.2, 0.25) is 0 Å². The molecule has 1 N–H and O–H groups in total. The highest BCUT2D eigenvalue weighted by Gasteiger charge is 2.32. The number of rotatable bonds is 7. The third-order valence-electron chi connectivity index (χ3n) is 8.04. The number of amides is 3. The Bertz CT molecular complexity index is 1300. The van der Waals surface area contributed by atoms with Crippen molar-refractivity contribution in [1.82, 2.24) is 14.9 Å². The summed E-state index contributed by atoms with van der Waals surface area (Å²) < 4.78 is 5.50. The number of nitrogens with zero attached hydrogens (tertiary/aromatic N) is 5. The van der Waals surface area contributed by atoms with Gasteiger partial charge >= 0.3 is 6.03 Å². The number of pyridine rings is 2. The molecule has 2 fully saturated rings. The van der Waals surface area contributed by atoms with E-state index < -0.39 is 6.03 Å². The van der Waals surface area contributed by atoms with Gasteiger partial charge in [-0.2, -0.15) is 5.26 Å². The van der Waals surface area contributed by atoms with E-state index in [2.05, 4.69) is 21.4 Å². The number of anilines is 2. The second kappa shape index (κ2) is 10.9. The van der Waals surface area contributed by atoms with Crippen LogP contribution in [-0.4, -0.2) is 59.4 Å². The lowest BCUT2D eigenvalue weighted by molar-refractivity contribution is -0.131. The fourth-order valence-electron chi connectivity index (χ4n) is 5.62. The van der Waals surface area contributed by atoms with Gasteiger partial charge in [0.1, 0.15) is 23.4 Å². The van der Waals surface area contributed by atoms with E-state index in [0.717, 1.165) is 43.2 Å². The summed E-state index contributed by atoms with van der Waals surface area (Å²) in [4.78, 5) is 49.8. The van der Waals surface area contributed by atoms with Crippen LogP contribution in [0.25, 0.3) is 0 Å². The molecule has 0 aromatic carbocycles. The number of hydrogen-bond acceptors (Lipinski definition) is 7. The van der Waals surface area contributed by atoms with Crippen molar-refractivity contribution in [3.05, 3.63) is 46.3 Å². The SMILES string of the molecule is CO[C@@H]1CC[C@H]1Cc1cc(NC(=O)N2CCCc3cc(CN4CC[C@H](C)C4=O)c(C=O)nc32)ncc1C#N. The highest BCUT2D eigenvalue weighted by Crippen LogP contribution is 2.34. The molecule has 198 valence electrons. The van der Waals surface area contributed by atoms with E-state index in [0.29, 0.717) is 61.0 Å². The highest BCUT2D eigenvalue weighted by molar-refractivity contribution is 6.01. The van der Waals surface area contributed by atoms with Gasteiger partial charge < -0.3 is 9.64 Å². The smallest absolute Gasteiger partial charge is 0.328 e. The monoisotopic (exact) mass is 516 g/mol. The number of aromatic nitrogens is 2. The maximum Gasteiger partial charge on any atom is 0.328 e. The molecule has 38 heavy (non-hydrogen) atoms. The van der Waals surface area contributed by atoms with Crippen molar-refractivity contribution in [2.45, 2.75) is 58.1 Å². The van der Waals surface area contributed by atoms with Gasteiger partial charge in [-0.1, -0.05) is 6.92 Å². The van der Waals surface area contributed by atoms with Crippen LogP contribution in [0, 0.1) is 23.2 Å². The van der Waals surface area contributed by atoms with Crippen molar-refractivity contribution in [1.29, 1.82) is 5.26 Å². The van der Waals surface area contributed by atoms with Gasteiger partial charge in [-0.15, -0.1) is 0 Å². The van der Waals surface area contributed by atoms with Crippen LogP contribution >= 0.6 is 0 Å². The first-order chi connectivity index (χ1) is 18.4. The minimum absolute atomic E-state index is 0.00840. The zero-order valence-corrected chi connectivity index (χ0v) is 21.8. The number of carbonyl (C=O) groups is 3. The maximum absolute atomic E-state index is 13.3. The average molecular weight is 517 g/mol. The van der Waals surface area contributed by atoms with Gasteiger partial charge in [0.2, 0.25) is 5.91 Å². The van der Waals surface area contributed by atoms with Gasteiger partial charge in [0, 0.05) is 44.4 Å². The number of likely N-dealkylation sites (tertiary alicyclic amines) is 1. The number of fused-ring (bicyclic) bond motifs is 1. The first kappa shape index (κ1) is 25.8. The number of ether oxygens (including phenoxy) is 1. The lowest BCUT2D eigenvalue weighted by atomic mass is 9.77. The Labute approximate surface area is 222 Å². The number of nitrogens with one attached hydrogen (secondary N) is 1. The van der Waals surface area contributed by atoms with E-state index in [1.165, 1.54) is 11.1 Å². The van der Waals surface area contributed by atoms with Gasteiger partial charge in [-0.3, -0.25) is 19.8 Å². The summed E-state index contributed by atoms with van der Waals surface area (Å²) in [5.74, 6) is 1.23. The standard InChI is InChI=1S/C28H32N6O4/c1-17-7-9-33(27(17)36)15-21-11-19-4-3-8-34(26(19)31-23(21)16-35)28(37)32-25-12-20(22(13-29)14-30-25)10-18-5-6-24(18)38-2/h11-12,14,16-18,24H,3-10,15H2,1-2H3,(H,30,32,37)/t17-,18-,24+/m0/s1. The van der Waals surface area contributed by atoms with Gasteiger partial charge in [-0.25, -0.2) is 14.8 Å². The summed E-state index contributed by atoms with van der Waals surface area (Å²) in [6, 6.07) is 5.46. The maximum atomic E-state index is 13.3. The summed E-state index contributed by atoms with van der Waals surface area (Å²) in [5.41, 5.74) is 3.13. The number of methoxy groups -OCH3 is 1. The van der Waals surface area contributed by atoms with Gasteiger partial charge in [0.25, 0.3) is 0 Å². The normalized spacial score (nSPS) is 22.4. The highest BCUT2D eigenvalue weighted by atomic mass is 16.5. The van der Waals surface area contributed by atoms with Crippen molar-refractivity contribution < 1.29 is 19.1 Å². The quantitative estimate of drug-likeness (QED) is 0.558. The van der Waals surface area contributed by atoms with E-state index in [9.17, 15) is 19.6 Å². The molecule has 1 saturated carbocycles. The molecular formula is C28H32N6O4. The Morgan fingerprint density at radius 1 is 1.26 bits per heavy atom. The van der Waals surface area contributed by atoms with Gasteiger partial charge in [0.15, 0.2) is 6.29 Å². The summed E-state index contributed by atoms with van der Waals surface area (Å²) in [6.45, 7) is 3.37. The van der Waals surface area contributed by atoms with E-state index >= 15 is 0 Å². The number of aldehydes is 1. The topological polar surface area (TPSA) is 129 Å². The van der Waals surface area contributed by atoms with Crippen LogP contribution in [0.1, 0.15) is 65.3 Å². The van der Waals surface area contributed by atoms with Crippen molar-refractivity contribution >= 4 is 29.9 Å². The second-order valence-corrected chi connectivity index (χ2v) is 10.4. The van der Waals surface area contributed by atoms with Gasteiger partial charge in [-0.05, 0) is 67.7 Å². The first-order valence-electron chi connectivity index (χ1n) is 13.2. The van der Waals surface area contributed by atoms with Crippen LogP contribution < -0.4 is 10.2 Å². The molecule has 1 saturated heterocycles. The number of urea groups is 1. The zero-order chi connectivity index (χ0) is 26.8. The molecular weight excluding hydrogens is 484 g/mol. The number of hydrogen-bond donors (Lipinski definition) is 1. The van der Waals surface area contributed by atoms with Crippen LogP contribution in [0.5, 0.6) is 0 Å². The van der Waals surface area contributed by atoms with Crippen molar-refractivity contribution in [2.24, 2.45) is 11.8 Å². The molecule has 0 spiro atoms. The molecule has 3 aliphatic rings. The van der Waals surface area contributed by atoms with E-state index in [1.807, 2.05) is 13.0 Å². The van der Waals surface area contributed by atoms with Crippen molar-refractivity contribution in [3.63, 3.8) is 0 Å². The minimum atomic E-state index is -0.395. The molecule has 3 amide bonds. The molecule has 0 radical (unpaired) electrons. The Kier molecular flexibility index (Phi) is 7.38. The largest absolute Gasteiger partial charge is 0.381 e. The van der Waals surface area contributed by atoms with E-state index in [-0.39, 0.29) is 23.6 Å². The van der Waals surface area contributed by atoms with Crippen LogP contribution in [0.15, 0.2) is 18.3 Å². The summed E-state index contributed by atoms with van der Waals surface area (Å²) >= 11 is 0. The second-order valence-electron chi connectivity index (χ2n) is 10.4. The molecule has 0 bridgehead atoms. The van der Waals surface area contributed by atoms with Gasteiger partial charge in [0.05, 0.1) is 11.7 Å². The Balaban J connectivity index is 1.35. The van der Waals surface area contributed by atoms with E-state index in [4.69, 9.17) is 4.74 Å². The predicted molar refractivity (Wildman–Crippen MR) is 140 cm³/mol. The summed E-state index contributed by atoms with van der Waals surface area (Å²) in [6.07, 6.45) is 7.37. The first-order valence-corrected chi connectivity index (χ1v) is 13.2. The Morgan fingerprint density at radius 3 is 2.76 bits per heavy atom. The van der Waals surface area contributed by atoms with Crippen molar-refractivity contribution in [2.75, 3.05) is 30.4 Å². The average Bonchev–Trinajstić information content (AvgIpc) is 3.22. The van der Waals surface area contributed by atoms with Crippen LogP contribution in [0.3, 0.4) is 0 Å². The lowest BCUT2D eigenvalue weighted by Gasteiger charge is -2.35. The Morgan fingerprint density at radius 2 is 2.11 bits per heavy atom. The molecule has 0 unspecified atom stereocenters. The predicted octanol–water partition coefficient (Wildman–Crippen LogP) is 3.48. The number of nitriles is 1. The van der Waals surface area contributed by atoms with E-state index in [1.54, 1.807) is 18.1 Å². The minimum Gasteiger partial charge on any atom is -0.381 e. The third kappa shape index (κ3) is 4.98. The fourth-order valence-corrected chi connectivity index (χ4v) is 5.62. The fraction of sp³-hybridized carbons (Fsp3) is 0.500. The molecule has 10 nitrogen and oxygen atoms in total. The van der Waals surface area contributed by atoms with Crippen LogP contribution in [0.4, 0.5) is 16.4 Å². The summed E-state index contributed by atoms with van der Waals surface area (Å²) in [7, 11) is 1.70. The molecule has 2 aromatic heterocycles. The number of aryl methyl sites for hydroxylation is 1. The molecule has 5 rings (SSSR count). The molecule has 1 aliphatic carbocycles. The molecule has 2 aromatic rings. The number of carbonyl (C=O) groups excluding carboxylic acids is 3. The van der Waals surface area contributed by atoms with Crippen molar-refractivity contribution in [3.8, 4) is 6.07 Å². The summed E-state index contributed by atoms with van der Waals surface area (Å²) in [5, 5.41) is 12.4. The third-order valence-corrected chi connectivity index (χ3v) is 8.04.